The minimum absolute atomic E-state index is 0.0544. The van der Waals surface area contributed by atoms with E-state index in [0.29, 0.717) is 12.3 Å². The summed E-state index contributed by atoms with van der Waals surface area (Å²) in [6.45, 7) is 5.65. The van der Waals surface area contributed by atoms with Crippen molar-refractivity contribution in [1.29, 1.82) is 0 Å². The van der Waals surface area contributed by atoms with E-state index in [9.17, 15) is 13.2 Å². The standard InChI is InChI=1S/C14H20F3NO2/c1-3-4-9-18-10-11(2)19-12-5-7-13(8-6-12)20-14(15,16)17/h5-8,11,18H,3-4,9-10H2,1-2H3. The van der Waals surface area contributed by atoms with Crippen LogP contribution in [0.4, 0.5) is 13.2 Å². The summed E-state index contributed by atoms with van der Waals surface area (Å²) in [5.74, 6) is 0.267. The van der Waals surface area contributed by atoms with Crippen molar-refractivity contribution in [2.24, 2.45) is 0 Å². The summed E-state index contributed by atoms with van der Waals surface area (Å²) in [5, 5.41) is 3.25. The normalized spacial score (nSPS) is 13.1. The number of nitrogens with one attached hydrogen (secondary N) is 1. The first-order valence-electron chi connectivity index (χ1n) is 6.64. The molecule has 0 heterocycles. The molecule has 0 aliphatic carbocycles. The Morgan fingerprint density at radius 3 is 2.30 bits per heavy atom. The van der Waals surface area contributed by atoms with Gasteiger partial charge in [-0.15, -0.1) is 13.2 Å². The zero-order valence-electron chi connectivity index (χ0n) is 11.7. The molecule has 0 radical (unpaired) electrons. The third-order valence-corrected chi connectivity index (χ3v) is 2.53. The first-order chi connectivity index (χ1) is 9.40. The van der Waals surface area contributed by atoms with Gasteiger partial charge >= 0.3 is 6.36 Å². The average molecular weight is 291 g/mol. The lowest BCUT2D eigenvalue weighted by Gasteiger charge is -2.16. The van der Waals surface area contributed by atoms with Gasteiger partial charge in [-0.25, -0.2) is 0 Å². The van der Waals surface area contributed by atoms with Crippen LogP contribution in [-0.4, -0.2) is 25.6 Å². The average Bonchev–Trinajstić information content (AvgIpc) is 2.35. The quantitative estimate of drug-likeness (QED) is 0.740. The third-order valence-electron chi connectivity index (χ3n) is 2.53. The minimum Gasteiger partial charge on any atom is -0.489 e. The molecule has 0 saturated carbocycles. The Morgan fingerprint density at radius 1 is 1.15 bits per heavy atom. The van der Waals surface area contributed by atoms with Crippen molar-refractivity contribution in [2.75, 3.05) is 13.1 Å². The van der Waals surface area contributed by atoms with Crippen LogP contribution in [-0.2, 0) is 0 Å². The Hall–Kier alpha value is -1.43. The van der Waals surface area contributed by atoms with Gasteiger partial charge in [0, 0.05) is 6.54 Å². The van der Waals surface area contributed by atoms with Crippen molar-refractivity contribution < 1.29 is 22.6 Å². The van der Waals surface area contributed by atoms with Crippen LogP contribution >= 0.6 is 0 Å². The van der Waals surface area contributed by atoms with E-state index in [1.807, 2.05) is 6.92 Å². The fourth-order valence-corrected chi connectivity index (χ4v) is 1.60. The van der Waals surface area contributed by atoms with E-state index in [4.69, 9.17) is 4.74 Å². The van der Waals surface area contributed by atoms with Crippen LogP contribution in [0.5, 0.6) is 11.5 Å². The molecule has 0 aromatic heterocycles. The number of hydrogen-bond acceptors (Lipinski definition) is 3. The fourth-order valence-electron chi connectivity index (χ4n) is 1.60. The zero-order valence-corrected chi connectivity index (χ0v) is 11.7. The van der Waals surface area contributed by atoms with Gasteiger partial charge in [-0.3, -0.25) is 0 Å². The van der Waals surface area contributed by atoms with Gasteiger partial charge in [-0.05, 0) is 44.2 Å². The monoisotopic (exact) mass is 291 g/mol. The SMILES string of the molecule is CCCCNCC(C)Oc1ccc(OC(F)(F)F)cc1. The summed E-state index contributed by atoms with van der Waals surface area (Å²) in [6, 6.07) is 5.40. The summed E-state index contributed by atoms with van der Waals surface area (Å²) >= 11 is 0. The summed E-state index contributed by atoms with van der Waals surface area (Å²) in [5.41, 5.74) is 0. The topological polar surface area (TPSA) is 30.5 Å². The Kier molecular flexibility index (Phi) is 6.64. The van der Waals surface area contributed by atoms with Crippen LogP contribution in [0, 0.1) is 0 Å². The molecule has 6 heteroatoms. The highest BCUT2D eigenvalue weighted by Crippen LogP contribution is 2.24. The largest absolute Gasteiger partial charge is 0.573 e. The van der Waals surface area contributed by atoms with Gasteiger partial charge in [-0.1, -0.05) is 13.3 Å². The number of alkyl halides is 3. The van der Waals surface area contributed by atoms with E-state index in [1.165, 1.54) is 24.3 Å². The van der Waals surface area contributed by atoms with Crippen LogP contribution in [0.3, 0.4) is 0 Å². The maximum Gasteiger partial charge on any atom is 0.573 e. The highest BCUT2D eigenvalue weighted by atomic mass is 19.4. The smallest absolute Gasteiger partial charge is 0.489 e. The van der Waals surface area contributed by atoms with Crippen molar-refractivity contribution in [3.8, 4) is 11.5 Å². The predicted octanol–water partition coefficient (Wildman–Crippen LogP) is 3.74. The molecule has 20 heavy (non-hydrogen) atoms. The minimum atomic E-state index is -4.67. The Labute approximate surface area is 117 Å². The second-order valence-corrected chi connectivity index (χ2v) is 4.51. The van der Waals surface area contributed by atoms with E-state index < -0.39 is 6.36 Å². The molecule has 114 valence electrons. The molecule has 0 bridgehead atoms. The molecule has 0 saturated heterocycles. The van der Waals surface area contributed by atoms with Gasteiger partial charge < -0.3 is 14.8 Å². The maximum absolute atomic E-state index is 12.0. The number of hydrogen-bond donors (Lipinski definition) is 1. The van der Waals surface area contributed by atoms with Gasteiger partial charge in [-0.2, -0.15) is 0 Å². The summed E-state index contributed by atoms with van der Waals surface area (Å²) in [4.78, 5) is 0. The molecule has 1 N–H and O–H groups in total. The van der Waals surface area contributed by atoms with Gasteiger partial charge in [0.15, 0.2) is 0 Å². The van der Waals surface area contributed by atoms with Crippen molar-refractivity contribution in [3.63, 3.8) is 0 Å². The Morgan fingerprint density at radius 2 is 1.75 bits per heavy atom. The molecular weight excluding hydrogens is 271 g/mol. The molecule has 1 rings (SSSR count). The first kappa shape index (κ1) is 16.6. The van der Waals surface area contributed by atoms with Crippen molar-refractivity contribution in [1.82, 2.24) is 5.32 Å². The van der Waals surface area contributed by atoms with E-state index in [0.717, 1.165) is 19.4 Å². The van der Waals surface area contributed by atoms with Crippen molar-refractivity contribution in [3.05, 3.63) is 24.3 Å². The van der Waals surface area contributed by atoms with E-state index in [1.54, 1.807) is 0 Å². The van der Waals surface area contributed by atoms with E-state index in [-0.39, 0.29) is 11.9 Å². The van der Waals surface area contributed by atoms with Crippen molar-refractivity contribution in [2.45, 2.75) is 39.2 Å². The van der Waals surface area contributed by atoms with Crippen LogP contribution in [0.15, 0.2) is 24.3 Å². The zero-order chi connectivity index (χ0) is 15.0. The third kappa shape index (κ3) is 7.23. The van der Waals surface area contributed by atoms with Crippen molar-refractivity contribution >= 4 is 0 Å². The molecule has 1 aromatic rings. The van der Waals surface area contributed by atoms with Gasteiger partial charge in [0.25, 0.3) is 0 Å². The number of unbranched alkanes of at least 4 members (excludes halogenated alkanes) is 1. The molecule has 1 aromatic carbocycles. The lowest BCUT2D eigenvalue weighted by atomic mass is 10.3. The van der Waals surface area contributed by atoms with Crippen LogP contribution in [0.2, 0.25) is 0 Å². The molecular formula is C14H20F3NO2. The highest BCUT2D eigenvalue weighted by molar-refractivity contribution is 5.31. The summed E-state index contributed by atoms with van der Waals surface area (Å²) < 4.78 is 45.3. The first-order valence-corrected chi connectivity index (χ1v) is 6.64. The molecule has 3 nitrogen and oxygen atoms in total. The summed E-state index contributed by atoms with van der Waals surface area (Å²) in [6.07, 6.45) is -2.49. The van der Waals surface area contributed by atoms with Gasteiger partial charge in [0.2, 0.25) is 0 Å². The maximum atomic E-state index is 12.0. The Balaban J connectivity index is 2.37. The van der Waals surface area contributed by atoms with Gasteiger partial charge in [0.1, 0.15) is 17.6 Å². The molecule has 0 aliphatic rings. The Bertz CT molecular complexity index is 379. The number of rotatable bonds is 8. The van der Waals surface area contributed by atoms with Crippen LogP contribution < -0.4 is 14.8 Å². The highest BCUT2D eigenvalue weighted by Gasteiger charge is 2.30. The second-order valence-electron chi connectivity index (χ2n) is 4.51. The predicted molar refractivity (Wildman–Crippen MR) is 71.0 cm³/mol. The molecule has 0 spiro atoms. The van der Waals surface area contributed by atoms with E-state index in [2.05, 4.69) is 17.0 Å². The van der Waals surface area contributed by atoms with Crippen LogP contribution in [0.1, 0.15) is 26.7 Å². The molecule has 1 atom stereocenters. The number of halogens is 3. The number of benzene rings is 1. The second kappa shape index (κ2) is 7.99. The van der Waals surface area contributed by atoms with Gasteiger partial charge in [0.05, 0.1) is 0 Å². The molecule has 0 fully saturated rings. The number of ether oxygens (including phenoxy) is 2. The summed E-state index contributed by atoms with van der Waals surface area (Å²) in [7, 11) is 0. The van der Waals surface area contributed by atoms with E-state index >= 15 is 0 Å². The fraction of sp³-hybridized carbons (Fsp3) is 0.571. The lowest BCUT2D eigenvalue weighted by Crippen LogP contribution is -2.29. The molecule has 1 unspecified atom stereocenters. The van der Waals surface area contributed by atoms with Crippen LogP contribution in [0.25, 0.3) is 0 Å². The lowest BCUT2D eigenvalue weighted by molar-refractivity contribution is -0.274. The molecule has 0 amide bonds. The molecule has 0 aliphatic heterocycles.